The van der Waals surface area contributed by atoms with E-state index >= 15 is 0 Å². The van der Waals surface area contributed by atoms with Crippen LogP contribution in [0.3, 0.4) is 0 Å². The van der Waals surface area contributed by atoms with Crippen LogP contribution in [0.4, 0.5) is 5.69 Å². The van der Waals surface area contributed by atoms with Crippen LogP contribution in [0, 0.1) is 6.92 Å². The molecule has 3 heteroatoms. The molecular formula is C15H23NO2. The van der Waals surface area contributed by atoms with Crippen molar-refractivity contribution in [1.29, 1.82) is 0 Å². The van der Waals surface area contributed by atoms with Crippen molar-refractivity contribution in [2.24, 2.45) is 0 Å². The normalized spacial score (nSPS) is 21.9. The minimum Gasteiger partial charge on any atom is -0.495 e. The van der Waals surface area contributed by atoms with Crippen LogP contribution in [0.1, 0.15) is 32.3 Å². The molecule has 0 aliphatic carbocycles. The Morgan fingerprint density at radius 3 is 2.83 bits per heavy atom. The fourth-order valence-electron chi connectivity index (χ4n) is 2.41. The Kier molecular flexibility index (Phi) is 3.81. The van der Waals surface area contributed by atoms with Crippen LogP contribution in [0.2, 0.25) is 0 Å². The van der Waals surface area contributed by atoms with E-state index in [9.17, 15) is 0 Å². The molecule has 18 heavy (non-hydrogen) atoms. The van der Waals surface area contributed by atoms with Crippen LogP contribution in [0.5, 0.6) is 5.75 Å². The standard InChI is InChI=1S/C15H23NO2/c1-11-5-6-14(17-4)13(9-11)16-10-12-7-8-15(2,3)18-12/h5-6,9,12,16H,7-8,10H2,1-4H3. The lowest BCUT2D eigenvalue weighted by Gasteiger charge is -2.20. The van der Waals surface area contributed by atoms with Crippen LogP contribution in [0.25, 0.3) is 0 Å². The Morgan fingerprint density at radius 1 is 1.44 bits per heavy atom. The summed E-state index contributed by atoms with van der Waals surface area (Å²) in [6.07, 6.45) is 2.54. The summed E-state index contributed by atoms with van der Waals surface area (Å²) < 4.78 is 11.3. The number of nitrogens with one attached hydrogen (secondary N) is 1. The van der Waals surface area contributed by atoms with Crippen LogP contribution in [-0.4, -0.2) is 25.4 Å². The molecule has 0 aromatic heterocycles. The van der Waals surface area contributed by atoms with Gasteiger partial charge in [0.1, 0.15) is 5.75 Å². The van der Waals surface area contributed by atoms with E-state index in [1.54, 1.807) is 7.11 Å². The first-order valence-electron chi connectivity index (χ1n) is 6.56. The summed E-state index contributed by atoms with van der Waals surface area (Å²) in [4.78, 5) is 0. The van der Waals surface area contributed by atoms with Gasteiger partial charge in [-0.3, -0.25) is 0 Å². The highest BCUT2D eigenvalue weighted by Crippen LogP contribution is 2.30. The quantitative estimate of drug-likeness (QED) is 0.887. The topological polar surface area (TPSA) is 30.5 Å². The summed E-state index contributed by atoms with van der Waals surface area (Å²) in [6.45, 7) is 7.23. The second-order valence-corrected chi connectivity index (χ2v) is 5.62. The van der Waals surface area contributed by atoms with E-state index in [4.69, 9.17) is 9.47 Å². The van der Waals surface area contributed by atoms with Gasteiger partial charge < -0.3 is 14.8 Å². The SMILES string of the molecule is COc1ccc(C)cc1NCC1CCC(C)(C)O1. The van der Waals surface area contributed by atoms with Crippen LogP contribution in [-0.2, 0) is 4.74 Å². The lowest BCUT2D eigenvalue weighted by molar-refractivity contribution is -0.00911. The summed E-state index contributed by atoms with van der Waals surface area (Å²) in [5.41, 5.74) is 2.31. The molecule has 0 spiro atoms. The zero-order valence-corrected chi connectivity index (χ0v) is 11.7. The third kappa shape index (κ3) is 3.16. The molecule has 1 unspecified atom stereocenters. The van der Waals surface area contributed by atoms with Crippen molar-refractivity contribution in [2.75, 3.05) is 19.0 Å². The third-order valence-electron chi connectivity index (χ3n) is 3.43. The van der Waals surface area contributed by atoms with Crippen molar-refractivity contribution in [3.63, 3.8) is 0 Å². The van der Waals surface area contributed by atoms with E-state index in [1.165, 1.54) is 5.56 Å². The number of anilines is 1. The number of aryl methyl sites for hydroxylation is 1. The summed E-state index contributed by atoms with van der Waals surface area (Å²) in [6, 6.07) is 6.16. The summed E-state index contributed by atoms with van der Waals surface area (Å²) >= 11 is 0. The van der Waals surface area contributed by atoms with Crippen molar-refractivity contribution in [2.45, 2.75) is 45.3 Å². The van der Waals surface area contributed by atoms with E-state index in [0.717, 1.165) is 30.8 Å². The van der Waals surface area contributed by atoms with Crippen molar-refractivity contribution in [3.8, 4) is 5.75 Å². The molecule has 0 amide bonds. The van der Waals surface area contributed by atoms with E-state index < -0.39 is 0 Å². The van der Waals surface area contributed by atoms with E-state index in [1.807, 2.05) is 6.07 Å². The van der Waals surface area contributed by atoms with E-state index in [2.05, 4.69) is 38.2 Å². The number of hydrogen-bond acceptors (Lipinski definition) is 3. The number of methoxy groups -OCH3 is 1. The average Bonchev–Trinajstić information content (AvgIpc) is 2.66. The Hall–Kier alpha value is -1.22. The monoisotopic (exact) mass is 249 g/mol. The second-order valence-electron chi connectivity index (χ2n) is 5.62. The molecule has 1 saturated heterocycles. The Bertz CT molecular complexity index is 415. The smallest absolute Gasteiger partial charge is 0.141 e. The molecule has 1 aromatic carbocycles. The Balaban J connectivity index is 1.96. The van der Waals surface area contributed by atoms with Crippen LogP contribution >= 0.6 is 0 Å². The molecule has 100 valence electrons. The highest BCUT2D eigenvalue weighted by atomic mass is 16.5. The van der Waals surface area contributed by atoms with Crippen LogP contribution < -0.4 is 10.1 Å². The van der Waals surface area contributed by atoms with E-state index in [-0.39, 0.29) is 5.60 Å². The lowest BCUT2D eigenvalue weighted by Crippen LogP contribution is -2.24. The van der Waals surface area contributed by atoms with Gasteiger partial charge in [0.2, 0.25) is 0 Å². The summed E-state index contributed by atoms with van der Waals surface area (Å²) in [7, 11) is 1.70. The molecule has 0 bridgehead atoms. The third-order valence-corrected chi connectivity index (χ3v) is 3.43. The zero-order chi connectivity index (χ0) is 13.2. The first kappa shape index (κ1) is 13.2. The highest BCUT2D eigenvalue weighted by molar-refractivity contribution is 5.58. The van der Waals surface area contributed by atoms with Gasteiger partial charge in [-0.05, 0) is 51.3 Å². The largest absolute Gasteiger partial charge is 0.495 e. The molecule has 2 rings (SSSR count). The fourth-order valence-corrected chi connectivity index (χ4v) is 2.41. The summed E-state index contributed by atoms with van der Waals surface area (Å²) in [5, 5.41) is 3.43. The minimum atomic E-state index is 0.0308. The molecule has 1 aliphatic heterocycles. The Morgan fingerprint density at radius 2 is 2.22 bits per heavy atom. The predicted molar refractivity (Wildman–Crippen MR) is 74.4 cm³/mol. The molecule has 1 aliphatic rings. The second kappa shape index (κ2) is 5.19. The van der Waals surface area contributed by atoms with Crippen molar-refractivity contribution >= 4 is 5.69 Å². The van der Waals surface area contributed by atoms with Gasteiger partial charge in [0, 0.05) is 6.54 Å². The molecular weight excluding hydrogens is 226 g/mol. The van der Waals surface area contributed by atoms with Crippen molar-refractivity contribution in [1.82, 2.24) is 0 Å². The molecule has 3 nitrogen and oxygen atoms in total. The van der Waals surface area contributed by atoms with Gasteiger partial charge in [-0.2, -0.15) is 0 Å². The Labute approximate surface area is 109 Å². The fraction of sp³-hybridized carbons (Fsp3) is 0.600. The molecule has 0 radical (unpaired) electrons. The zero-order valence-electron chi connectivity index (χ0n) is 11.7. The molecule has 1 fully saturated rings. The first-order valence-corrected chi connectivity index (χ1v) is 6.56. The maximum Gasteiger partial charge on any atom is 0.141 e. The minimum absolute atomic E-state index is 0.0308. The van der Waals surface area contributed by atoms with Gasteiger partial charge in [-0.1, -0.05) is 6.07 Å². The molecule has 1 atom stereocenters. The molecule has 1 aromatic rings. The van der Waals surface area contributed by atoms with Crippen molar-refractivity contribution in [3.05, 3.63) is 23.8 Å². The predicted octanol–water partition coefficient (Wildman–Crippen LogP) is 3.37. The molecule has 1 N–H and O–H groups in total. The summed E-state index contributed by atoms with van der Waals surface area (Å²) in [5.74, 6) is 0.887. The van der Waals surface area contributed by atoms with Gasteiger partial charge in [-0.25, -0.2) is 0 Å². The lowest BCUT2D eigenvalue weighted by atomic mass is 10.1. The van der Waals surface area contributed by atoms with Crippen molar-refractivity contribution < 1.29 is 9.47 Å². The van der Waals surface area contributed by atoms with Gasteiger partial charge in [0.05, 0.1) is 24.5 Å². The number of benzene rings is 1. The number of rotatable bonds is 4. The maximum absolute atomic E-state index is 5.97. The maximum atomic E-state index is 5.97. The number of hydrogen-bond donors (Lipinski definition) is 1. The van der Waals surface area contributed by atoms with Gasteiger partial charge in [0.25, 0.3) is 0 Å². The number of ether oxygens (including phenoxy) is 2. The van der Waals surface area contributed by atoms with Crippen LogP contribution in [0.15, 0.2) is 18.2 Å². The van der Waals surface area contributed by atoms with Gasteiger partial charge >= 0.3 is 0 Å². The highest BCUT2D eigenvalue weighted by Gasteiger charge is 2.31. The molecule has 0 saturated carbocycles. The van der Waals surface area contributed by atoms with Gasteiger partial charge in [-0.15, -0.1) is 0 Å². The van der Waals surface area contributed by atoms with E-state index in [0.29, 0.717) is 6.10 Å². The average molecular weight is 249 g/mol. The van der Waals surface area contributed by atoms with Gasteiger partial charge in [0.15, 0.2) is 0 Å². The molecule has 1 heterocycles. The first-order chi connectivity index (χ1) is 8.50.